The summed E-state index contributed by atoms with van der Waals surface area (Å²) < 4.78 is 31.0. The molecule has 0 unspecified atom stereocenters. The van der Waals surface area contributed by atoms with Gasteiger partial charge in [-0.1, -0.05) is 18.2 Å². The van der Waals surface area contributed by atoms with E-state index in [0.717, 1.165) is 5.39 Å². The fourth-order valence-electron chi connectivity index (χ4n) is 4.59. The van der Waals surface area contributed by atoms with Crippen molar-refractivity contribution in [1.29, 1.82) is 0 Å². The van der Waals surface area contributed by atoms with Gasteiger partial charge >= 0.3 is 0 Å². The predicted octanol–water partition coefficient (Wildman–Crippen LogP) is 1.21. The zero-order valence-electron chi connectivity index (χ0n) is 19.8. The van der Waals surface area contributed by atoms with Gasteiger partial charge in [-0.25, -0.2) is 17.6 Å². The van der Waals surface area contributed by atoms with Gasteiger partial charge in [-0.3, -0.25) is 19.6 Å². The number of aromatic amines is 1. The summed E-state index contributed by atoms with van der Waals surface area (Å²) in [5.41, 5.74) is 1.37. The van der Waals surface area contributed by atoms with Crippen LogP contribution < -0.4 is 5.56 Å². The van der Waals surface area contributed by atoms with Crippen LogP contribution in [0.15, 0.2) is 70.7 Å². The Balaban J connectivity index is 1.21. The number of hydrogen-bond donors (Lipinski definition) is 1. The molecular formula is C24H22N8O4S. The number of amides is 1. The average Bonchev–Trinajstić information content (AvgIpc) is 3.55. The van der Waals surface area contributed by atoms with Crippen LogP contribution in [0.25, 0.3) is 22.4 Å². The monoisotopic (exact) mass is 518 g/mol. The third-order valence-electron chi connectivity index (χ3n) is 6.57. The van der Waals surface area contributed by atoms with E-state index in [-0.39, 0.29) is 48.5 Å². The highest BCUT2D eigenvalue weighted by Crippen LogP contribution is 2.25. The number of H-pyrrole nitrogens is 1. The van der Waals surface area contributed by atoms with Gasteiger partial charge in [0.05, 0.1) is 23.0 Å². The number of sulfonamides is 1. The summed E-state index contributed by atoms with van der Waals surface area (Å²) in [6, 6.07) is 12.0. The number of carbonyl (C=O) groups is 1. The number of benzene rings is 1. The Morgan fingerprint density at radius 2 is 1.81 bits per heavy atom. The number of nitrogens with zero attached hydrogens (tertiary/aromatic N) is 7. The maximum Gasteiger partial charge on any atom is 0.276 e. The number of piperazine rings is 1. The van der Waals surface area contributed by atoms with Gasteiger partial charge in [0, 0.05) is 44.0 Å². The summed E-state index contributed by atoms with van der Waals surface area (Å²) in [7, 11) is -3.79. The molecule has 0 spiro atoms. The van der Waals surface area contributed by atoms with E-state index in [1.165, 1.54) is 19.7 Å². The molecule has 0 aliphatic carbocycles. The van der Waals surface area contributed by atoms with Gasteiger partial charge in [0.2, 0.25) is 16.0 Å². The lowest BCUT2D eigenvalue weighted by atomic mass is 10.2. The van der Waals surface area contributed by atoms with E-state index in [1.807, 2.05) is 12.1 Å². The molecule has 1 saturated heterocycles. The van der Waals surface area contributed by atoms with E-state index < -0.39 is 10.0 Å². The van der Waals surface area contributed by atoms with Gasteiger partial charge in [-0.05, 0) is 31.2 Å². The van der Waals surface area contributed by atoms with Gasteiger partial charge in [0.15, 0.2) is 0 Å². The molecule has 1 aliphatic rings. The van der Waals surface area contributed by atoms with Crippen LogP contribution >= 0.6 is 0 Å². The molecular weight excluding hydrogens is 496 g/mol. The first-order chi connectivity index (χ1) is 17.8. The van der Waals surface area contributed by atoms with E-state index in [1.54, 1.807) is 54.5 Å². The lowest BCUT2D eigenvalue weighted by molar-refractivity contribution is 0.0697. The van der Waals surface area contributed by atoms with E-state index in [2.05, 4.69) is 20.2 Å². The number of hydrogen-bond acceptors (Lipinski definition) is 7. The third kappa shape index (κ3) is 3.79. The molecule has 1 aromatic carbocycles. The smallest absolute Gasteiger partial charge is 0.276 e. The average molecular weight is 519 g/mol. The minimum absolute atomic E-state index is 0.156. The summed E-state index contributed by atoms with van der Waals surface area (Å²) in [5.74, 6) is -0.0816. The summed E-state index contributed by atoms with van der Waals surface area (Å²) in [6.45, 7) is 2.48. The first-order valence-electron chi connectivity index (χ1n) is 11.6. The van der Waals surface area contributed by atoms with Crippen molar-refractivity contribution in [3.63, 3.8) is 0 Å². The minimum atomic E-state index is -3.79. The number of rotatable bonds is 4. The van der Waals surface area contributed by atoms with Gasteiger partial charge < -0.3 is 4.90 Å². The van der Waals surface area contributed by atoms with Crippen LogP contribution in [0.2, 0.25) is 0 Å². The maximum absolute atomic E-state index is 13.4. The molecule has 5 aromatic rings. The highest BCUT2D eigenvalue weighted by molar-refractivity contribution is 7.89. The molecule has 1 aliphatic heterocycles. The van der Waals surface area contributed by atoms with E-state index in [4.69, 9.17) is 0 Å². The van der Waals surface area contributed by atoms with Crippen molar-refractivity contribution < 1.29 is 13.2 Å². The SMILES string of the molecule is Cc1c(C(=O)N2CCN(S(=O)(=O)c3cccc4cccnc34)CC2)cnn1-c1nn2cccc2c(=O)[nH]1. The van der Waals surface area contributed by atoms with Crippen molar-refractivity contribution in [1.82, 2.24) is 38.6 Å². The van der Waals surface area contributed by atoms with Crippen molar-refractivity contribution in [2.24, 2.45) is 0 Å². The quantitative estimate of drug-likeness (QED) is 0.377. The lowest BCUT2D eigenvalue weighted by Gasteiger charge is -2.34. The van der Waals surface area contributed by atoms with Crippen molar-refractivity contribution in [3.05, 3.63) is 82.7 Å². The zero-order valence-corrected chi connectivity index (χ0v) is 20.6. The van der Waals surface area contributed by atoms with E-state index in [9.17, 15) is 18.0 Å². The predicted molar refractivity (Wildman–Crippen MR) is 134 cm³/mol. The van der Waals surface area contributed by atoms with Crippen LogP contribution in [0.3, 0.4) is 0 Å². The standard InChI is InChI=1S/C24H22N8O4S/c1-16-18(15-26-32(16)24-27-22(33)19-7-4-10-31(19)28-24)23(34)29-11-13-30(14-12-29)37(35,36)20-8-2-5-17-6-3-9-25-21(17)20/h2-10,15H,11-14H2,1H3,(H,27,28,33). The highest BCUT2D eigenvalue weighted by atomic mass is 32.2. The lowest BCUT2D eigenvalue weighted by Crippen LogP contribution is -2.50. The molecule has 1 fully saturated rings. The number of pyridine rings is 1. The molecule has 37 heavy (non-hydrogen) atoms. The van der Waals surface area contributed by atoms with Crippen LogP contribution in [0, 0.1) is 6.92 Å². The fraction of sp³-hybridized carbons (Fsp3) is 0.208. The Morgan fingerprint density at radius 3 is 2.62 bits per heavy atom. The Hall–Kier alpha value is -4.36. The Labute approximate surface area is 210 Å². The second-order valence-corrected chi connectivity index (χ2v) is 10.6. The minimum Gasteiger partial charge on any atom is -0.336 e. The van der Waals surface area contributed by atoms with E-state index >= 15 is 0 Å². The summed E-state index contributed by atoms with van der Waals surface area (Å²) in [4.78, 5) is 34.3. The van der Waals surface area contributed by atoms with Crippen LogP contribution in [-0.4, -0.2) is 79.1 Å². The number of aromatic nitrogens is 6. The Morgan fingerprint density at radius 1 is 1.03 bits per heavy atom. The van der Waals surface area contributed by atoms with Gasteiger partial charge in [0.1, 0.15) is 10.4 Å². The van der Waals surface area contributed by atoms with Crippen LogP contribution in [0.1, 0.15) is 16.1 Å². The fourth-order valence-corrected chi connectivity index (χ4v) is 6.17. The first kappa shape index (κ1) is 23.1. The van der Waals surface area contributed by atoms with Crippen LogP contribution in [0.5, 0.6) is 0 Å². The number of para-hydroxylation sites is 1. The molecule has 6 rings (SSSR count). The highest BCUT2D eigenvalue weighted by Gasteiger charge is 2.32. The molecule has 0 radical (unpaired) electrons. The maximum atomic E-state index is 13.4. The summed E-state index contributed by atoms with van der Waals surface area (Å²) in [5, 5.41) is 9.37. The van der Waals surface area contributed by atoms with E-state index in [0.29, 0.717) is 22.3 Å². The number of fused-ring (bicyclic) bond motifs is 2. The molecule has 0 saturated carbocycles. The van der Waals surface area contributed by atoms with Gasteiger partial charge in [0.25, 0.3) is 11.5 Å². The van der Waals surface area contributed by atoms with Gasteiger partial charge in [-0.15, -0.1) is 5.10 Å². The Kier molecular flexibility index (Phi) is 5.38. The molecule has 13 heteroatoms. The molecule has 1 N–H and O–H groups in total. The molecule has 188 valence electrons. The third-order valence-corrected chi connectivity index (χ3v) is 8.50. The molecule has 4 aromatic heterocycles. The van der Waals surface area contributed by atoms with Crippen molar-refractivity contribution in [3.8, 4) is 5.95 Å². The molecule has 0 bridgehead atoms. The van der Waals surface area contributed by atoms with Crippen molar-refractivity contribution in [2.45, 2.75) is 11.8 Å². The largest absolute Gasteiger partial charge is 0.336 e. The first-order valence-corrected chi connectivity index (χ1v) is 13.0. The normalized spacial score (nSPS) is 15.0. The molecule has 1 amide bonds. The topological polar surface area (TPSA) is 139 Å². The molecule has 0 atom stereocenters. The van der Waals surface area contributed by atoms with Crippen LogP contribution in [0.4, 0.5) is 0 Å². The second kappa shape index (κ2) is 8.64. The molecule has 12 nitrogen and oxygen atoms in total. The summed E-state index contributed by atoms with van der Waals surface area (Å²) >= 11 is 0. The summed E-state index contributed by atoms with van der Waals surface area (Å²) in [6.07, 6.45) is 4.66. The van der Waals surface area contributed by atoms with Gasteiger partial charge in [-0.2, -0.15) is 9.40 Å². The Bertz CT molecular complexity index is 1830. The zero-order chi connectivity index (χ0) is 25.7. The van der Waals surface area contributed by atoms with Crippen molar-refractivity contribution in [2.75, 3.05) is 26.2 Å². The number of nitrogens with one attached hydrogen (secondary N) is 1. The second-order valence-electron chi connectivity index (χ2n) is 8.70. The number of carbonyl (C=O) groups excluding carboxylic acids is 1. The van der Waals surface area contributed by atoms with Crippen molar-refractivity contribution >= 4 is 32.4 Å². The van der Waals surface area contributed by atoms with Crippen LogP contribution in [-0.2, 0) is 10.0 Å². The molecule has 5 heterocycles.